The van der Waals surface area contributed by atoms with Gasteiger partial charge in [0.1, 0.15) is 21.4 Å². The third-order valence-electron chi connectivity index (χ3n) is 9.92. The number of carboxylic acids is 2. The highest BCUT2D eigenvalue weighted by Crippen LogP contribution is 2.51. The topological polar surface area (TPSA) is 166 Å². The zero-order valence-electron chi connectivity index (χ0n) is 28.5. The Kier molecular flexibility index (Phi) is 12.8. The summed E-state index contributed by atoms with van der Waals surface area (Å²) < 4.78 is 36.1. The van der Waals surface area contributed by atoms with E-state index in [1.165, 1.54) is 30.5 Å². The number of unbranched alkanes of at least 4 members (excludes halogenated alkanes) is 3. The molecule has 4 rings (SSSR count). The second kappa shape index (κ2) is 16.6. The molecule has 1 aliphatic heterocycles. The Morgan fingerprint density at radius 3 is 2.18 bits per heavy atom. The smallest absolute Gasteiger partial charge is 0.317 e. The van der Waals surface area contributed by atoms with Gasteiger partial charge in [-0.1, -0.05) is 37.5 Å². The normalized spacial score (nSPS) is 20.6. The Hall–Kier alpha value is -4.32. The minimum atomic E-state index is -2.96. The summed E-state index contributed by atoms with van der Waals surface area (Å²) in [5.41, 5.74) is 1.60. The molecular weight excluding hydrogens is 665 g/mol. The number of aliphatic carboxylic acids is 2. The maximum Gasteiger partial charge on any atom is 0.317 e. The first-order valence-electron chi connectivity index (χ1n) is 17.1. The van der Waals surface area contributed by atoms with Gasteiger partial charge in [0.15, 0.2) is 11.7 Å². The van der Waals surface area contributed by atoms with Crippen molar-refractivity contribution in [2.75, 3.05) is 16.9 Å². The average molecular weight is 712 g/mol. The molecular formula is C38H46FNO9S. The van der Waals surface area contributed by atoms with Crippen LogP contribution in [0.4, 0.5) is 10.1 Å². The lowest BCUT2D eigenvalue weighted by Gasteiger charge is -2.57. The lowest BCUT2D eigenvalue weighted by Crippen LogP contribution is -2.71. The maximum absolute atomic E-state index is 13.8. The van der Waals surface area contributed by atoms with Gasteiger partial charge in [0.2, 0.25) is 5.91 Å². The molecule has 2 aliphatic rings. The number of Topliss-reactive ketones (excluding diaryl/α,β-unsaturated/α-hetero) is 1. The number of hydrogen-bond donors (Lipinski definition) is 3. The molecule has 1 heterocycles. The number of β-lactam (4-membered cyclic amide) rings is 1. The monoisotopic (exact) mass is 711 g/mol. The van der Waals surface area contributed by atoms with Crippen LogP contribution in [0, 0.1) is 23.6 Å². The van der Waals surface area contributed by atoms with Crippen LogP contribution in [0.5, 0.6) is 0 Å². The van der Waals surface area contributed by atoms with E-state index in [1.54, 1.807) is 11.0 Å². The number of anilines is 1. The molecule has 0 radical (unpaired) electrons. The summed E-state index contributed by atoms with van der Waals surface area (Å²) in [5.74, 6) is -5.76. The number of carbonyl (C=O) groups is 4. The summed E-state index contributed by atoms with van der Waals surface area (Å²) in [4.78, 5) is 51.0. The summed E-state index contributed by atoms with van der Waals surface area (Å²) >= 11 is 0. The number of rotatable bonds is 19. The number of ketones is 1. The van der Waals surface area contributed by atoms with Crippen molar-refractivity contribution < 1.29 is 47.3 Å². The number of carboxylic acid groups (broad SMARTS) is 2. The van der Waals surface area contributed by atoms with Crippen LogP contribution >= 0.6 is 0 Å². The van der Waals surface area contributed by atoms with Crippen LogP contribution in [0.1, 0.15) is 87.1 Å². The van der Waals surface area contributed by atoms with Gasteiger partial charge in [-0.15, -0.1) is 0 Å². The van der Waals surface area contributed by atoms with E-state index in [0.717, 1.165) is 31.2 Å². The number of carbonyl (C=O) groups excluding carboxylic acids is 2. The van der Waals surface area contributed by atoms with E-state index in [0.29, 0.717) is 42.5 Å². The minimum Gasteiger partial charge on any atom is -0.508 e. The highest BCUT2D eigenvalue weighted by atomic mass is 32.2. The van der Waals surface area contributed by atoms with Crippen LogP contribution in [0.25, 0.3) is 0 Å². The van der Waals surface area contributed by atoms with Gasteiger partial charge in [-0.3, -0.25) is 19.2 Å². The molecule has 2 aromatic rings. The van der Waals surface area contributed by atoms with E-state index in [-0.39, 0.29) is 48.4 Å². The number of halogens is 1. The van der Waals surface area contributed by atoms with Crippen LogP contribution in [-0.4, -0.2) is 64.9 Å². The molecule has 270 valence electrons. The van der Waals surface area contributed by atoms with Gasteiger partial charge in [0.05, 0.1) is 11.5 Å². The van der Waals surface area contributed by atoms with Crippen LogP contribution in [0.3, 0.4) is 0 Å². The number of aliphatic hydroxyl groups is 1. The molecule has 0 saturated carbocycles. The summed E-state index contributed by atoms with van der Waals surface area (Å²) in [6.07, 6.45) is 10.4. The number of nitrogens with zero attached hydrogens (tertiary/aromatic N) is 1. The van der Waals surface area contributed by atoms with E-state index in [4.69, 9.17) is 0 Å². The van der Waals surface area contributed by atoms with E-state index in [2.05, 4.69) is 0 Å². The molecule has 0 bridgehead atoms. The van der Waals surface area contributed by atoms with Gasteiger partial charge in [0, 0.05) is 35.3 Å². The first-order valence-corrected chi connectivity index (χ1v) is 19.1. The summed E-state index contributed by atoms with van der Waals surface area (Å²) in [6.45, 7) is 1.87. The lowest BCUT2D eigenvalue weighted by atomic mass is 9.65. The van der Waals surface area contributed by atoms with Gasteiger partial charge in [-0.25, -0.2) is 12.8 Å². The molecule has 1 aliphatic carbocycles. The number of benzene rings is 2. The van der Waals surface area contributed by atoms with Crippen molar-refractivity contribution in [1.82, 2.24) is 0 Å². The number of allylic oxidation sites excluding steroid dienone is 2. The van der Waals surface area contributed by atoms with Crippen LogP contribution < -0.4 is 4.90 Å². The quantitative estimate of drug-likeness (QED) is 0.0622. The van der Waals surface area contributed by atoms with Crippen molar-refractivity contribution in [3.63, 3.8) is 0 Å². The van der Waals surface area contributed by atoms with E-state index < -0.39 is 45.0 Å². The highest BCUT2D eigenvalue weighted by Gasteiger charge is 2.60. The SMILES string of the molecule is CC1(C2=CCC(CCCC(C(=O)O)C(=O)O)C=C2O)[C@@H](CCC(=O)c2ccc(F)cc2)C(=O)N1c1ccc(CCCCCCS(C)(=O)=O)cc1. The van der Waals surface area contributed by atoms with Crippen molar-refractivity contribution in [3.05, 3.63) is 89.0 Å². The van der Waals surface area contributed by atoms with Gasteiger partial charge < -0.3 is 20.2 Å². The van der Waals surface area contributed by atoms with E-state index >= 15 is 0 Å². The second-order valence-corrected chi connectivity index (χ2v) is 15.9. The van der Waals surface area contributed by atoms with Crippen LogP contribution in [-0.2, 0) is 30.6 Å². The van der Waals surface area contributed by atoms with Crippen molar-refractivity contribution in [2.45, 2.75) is 83.1 Å². The van der Waals surface area contributed by atoms with Crippen molar-refractivity contribution in [2.24, 2.45) is 17.8 Å². The van der Waals surface area contributed by atoms with E-state index in [1.807, 2.05) is 37.3 Å². The predicted octanol–water partition coefficient (Wildman–Crippen LogP) is 6.70. The lowest BCUT2D eigenvalue weighted by molar-refractivity contribution is -0.154. The standard InChI is InChI=1S/C38H46FNO9S/c1-38(31-20-13-26(24-34(31)42)9-7-10-30(36(44)45)37(46)47)32(21-22-33(41)27-14-16-28(39)17-15-27)35(43)40(38)29-18-11-25(12-19-29)8-5-3-4-6-23-50(2,48)49/h11-12,14-20,24,26,30,32,42H,3-10,13,21-23H2,1-2H3,(H,44,45)(H,46,47)/t26?,32-,38?/m0/s1. The Labute approximate surface area is 292 Å². The number of aliphatic hydroxyl groups excluding tert-OH is 1. The molecule has 10 nitrogen and oxygen atoms in total. The molecule has 1 fully saturated rings. The summed E-state index contributed by atoms with van der Waals surface area (Å²) in [7, 11) is -2.96. The molecule has 12 heteroatoms. The molecule has 3 N–H and O–H groups in total. The minimum absolute atomic E-state index is 0.0170. The zero-order chi connectivity index (χ0) is 36.6. The Balaban J connectivity index is 1.48. The molecule has 1 saturated heterocycles. The fourth-order valence-electron chi connectivity index (χ4n) is 7.10. The largest absolute Gasteiger partial charge is 0.508 e. The third-order valence-corrected chi connectivity index (χ3v) is 10.9. The van der Waals surface area contributed by atoms with Crippen molar-refractivity contribution >= 4 is 39.2 Å². The predicted molar refractivity (Wildman–Crippen MR) is 187 cm³/mol. The number of hydrogen-bond acceptors (Lipinski definition) is 7. The fraction of sp³-hybridized carbons (Fsp3) is 0.474. The zero-order valence-corrected chi connectivity index (χ0v) is 29.3. The Bertz CT molecular complexity index is 1720. The molecule has 0 spiro atoms. The van der Waals surface area contributed by atoms with Gasteiger partial charge in [-0.2, -0.15) is 0 Å². The summed E-state index contributed by atoms with van der Waals surface area (Å²) in [6, 6.07) is 12.9. The molecule has 50 heavy (non-hydrogen) atoms. The summed E-state index contributed by atoms with van der Waals surface area (Å²) in [5, 5.41) is 29.7. The third kappa shape index (κ3) is 9.47. The molecule has 3 atom stereocenters. The Morgan fingerprint density at radius 1 is 0.940 bits per heavy atom. The molecule has 0 aromatic heterocycles. The number of aryl methyl sites for hydroxylation is 1. The molecule has 1 amide bonds. The van der Waals surface area contributed by atoms with Gasteiger partial charge >= 0.3 is 11.9 Å². The fourth-order valence-corrected chi connectivity index (χ4v) is 7.82. The first kappa shape index (κ1) is 38.5. The van der Waals surface area contributed by atoms with Crippen molar-refractivity contribution in [3.8, 4) is 0 Å². The van der Waals surface area contributed by atoms with E-state index in [9.17, 15) is 47.3 Å². The van der Waals surface area contributed by atoms with Gasteiger partial charge in [-0.05, 0) is 106 Å². The highest BCUT2D eigenvalue weighted by molar-refractivity contribution is 7.90. The maximum atomic E-state index is 13.8. The van der Waals surface area contributed by atoms with Crippen LogP contribution in [0.2, 0.25) is 0 Å². The molecule has 2 unspecified atom stereocenters. The van der Waals surface area contributed by atoms with Crippen LogP contribution in [0.15, 0.2) is 72.0 Å². The van der Waals surface area contributed by atoms with Crippen molar-refractivity contribution in [1.29, 1.82) is 0 Å². The number of amides is 1. The first-order chi connectivity index (χ1) is 23.6. The van der Waals surface area contributed by atoms with Gasteiger partial charge in [0.25, 0.3) is 0 Å². The second-order valence-electron chi connectivity index (χ2n) is 13.6. The number of sulfone groups is 1. The Morgan fingerprint density at radius 2 is 1.58 bits per heavy atom. The average Bonchev–Trinajstić information content (AvgIpc) is 3.04. The molecule has 2 aromatic carbocycles.